The van der Waals surface area contributed by atoms with Crippen LogP contribution >= 0.6 is 28.3 Å². The van der Waals surface area contributed by atoms with Crippen LogP contribution in [0.3, 0.4) is 0 Å². The Kier molecular flexibility index (Phi) is 7.12. The Morgan fingerprint density at radius 3 is 2.33 bits per heavy atom. The molecule has 0 radical (unpaired) electrons. The summed E-state index contributed by atoms with van der Waals surface area (Å²) in [7, 11) is -3.42. The predicted octanol–water partition coefficient (Wildman–Crippen LogP) is 1.22. The first-order valence-electron chi connectivity index (χ1n) is 6.40. The summed E-state index contributed by atoms with van der Waals surface area (Å²) in [5, 5.41) is 3.13. The zero-order chi connectivity index (χ0) is 14.6. The Bertz CT molecular complexity index is 572. The maximum atomic E-state index is 12.1. The van der Waals surface area contributed by atoms with Gasteiger partial charge in [0, 0.05) is 30.7 Å². The minimum atomic E-state index is -3.42. The zero-order valence-corrected chi connectivity index (χ0v) is 14.6. The molecule has 1 aromatic rings. The number of nitrogens with one attached hydrogen (secondary N) is 1. The number of hydrogen-bond acceptors (Lipinski definition) is 4. The van der Waals surface area contributed by atoms with Gasteiger partial charge in [-0.05, 0) is 17.7 Å². The maximum absolute atomic E-state index is 12.1. The molecular formula is C13H18BrClN2O3S. The Hall–Kier alpha value is -0.630. The van der Waals surface area contributed by atoms with Crippen LogP contribution in [0.1, 0.15) is 5.56 Å². The highest BCUT2D eigenvalue weighted by Gasteiger charge is 2.23. The molecule has 8 heteroatoms. The van der Waals surface area contributed by atoms with Crippen molar-refractivity contribution in [2.45, 2.75) is 5.75 Å². The summed E-state index contributed by atoms with van der Waals surface area (Å²) in [4.78, 5) is 13.6. The molecule has 0 aromatic heterocycles. The lowest BCUT2D eigenvalue weighted by Gasteiger charge is -2.27. The van der Waals surface area contributed by atoms with E-state index in [1.807, 2.05) is 0 Å². The molecule has 118 valence electrons. The molecule has 0 aliphatic carbocycles. The summed E-state index contributed by atoms with van der Waals surface area (Å²) in [6.07, 6.45) is 0. The molecule has 1 aromatic carbocycles. The van der Waals surface area contributed by atoms with E-state index in [4.69, 9.17) is 0 Å². The lowest BCUT2D eigenvalue weighted by atomic mass is 10.2. The highest BCUT2D eigenvalue weighted by atomic mass is 79.9. The van der Waals surface area contributed by atoms with Gasteiger partial charge in [-0.1, -0.05) is 28.1 Å². The van der Waals surface area contributed by atoms with Crippen molar-refractivity contribution in [2.75, 3.05) is 31.9 Å². The van der Waals surface area contributed by atoms with Crippen LogP contribution in [-0.4, -0.2) is 51.2 Å². The molecule has 2 rings (SSSR count). The van der Waals surface area contributed by atoms with E-state index in [-0.39, 0.29) is 24.1 Å². The van der Waals surface area contributed by atoms with Gasteiger partial charge < -0.3 is 10.2 Å². The van der Waals surface area contributed by atoms with Gasteiger partial charge in [-0.25, -0.2) is 8.42 Å². The van der Waals surface area contributed by atoms with E-state index in [1.165, 1.54) is 0 Å². The summed E-state index contributed by atoms with van der Waals surface area (Å²) in [6.45, 7) is 2.59. The predicted molar refractivity (Wildman–Crippen MR) is 88.3 cm³/mol. The van der Waals surface area contributed by atoms with Crippen molar-refractivity contribution in [3.8, 4) is 0 Å². The number of benzene rings is 1. The second-order valence-electron chi connectivity index (χ2n) is 4.79. The van der Waals surface area contributed by atoms with E-state index in [0.29, 0.717) is 18.7 Å². The van der Waals surface area contributed by atoms with Gasteiger partial charge in [0.25, 0.3) is 0 Å². The van der Waals surface area contributed by atoms with Crippen molar-refractivity contribution in [3.05, 3.63) is 34.3 Å². The van der Waals surface area contributed by atoms with Crippen molar-refractivity contribution < 1.29 is 13.2 Å². The van der Waals surface area contributed by atoms with Crippen molar-refractivity contribution in [3.63, 3.8) is 0 Å². The van der Waals surface area contributed by atoms with Gasteiger partial charge in [-0.3, -0.25) is 4.79 Å². The van der Waals surface area contributed by atoms with Crippen LogP contribution in [0.25, 0.3) is 0 Å². The average Bonchev–Trinajstić information content (AvgIpc) is 2.41. The normalized spacial score (nSPS) is 15.4. The van der Waals surface area contributed by atoms with Crippen LogP contribution in [0.4, 0.5) is 0 Å². The number of rotatable bonds is 4. The van der Waals surface area contributed by atoms with Crippen molar-refractivity contribution in [2.24, 2.45) is 0 Å². The molecule has 5 nitrogen and oxygen atoms in total. The third-order valence-corrected chi connectivity index (χ3v) is 5.10. The zero-order valence-electron chi connectivity index (χ0n) is 11.4. The van der Waals surface area contributed by atoms with Crippen LogP contribution < -0.4 is 5.32 Å². The number of carbonyl (C=O) groups is 1. The van der Waals surface area contributed by atoms with Gasteiger partial charge in [0.2, 0.25) is 5.91 Å². The molecule has 1 amide bonds. The standard InChI is InChI=1S/C13H17BrN2O3S.ClH/c14-12-3-1-11(2-4-12)9-20(18,19)10-13(17)16-7-5-15-6-8-16;/h1-4,15H,5-10H2;1H. The number of halogens is 2. The van der Waals surface area contributed by atoms with Crippen LogP contribution in [0.2, 0.25) is 0 Å². The first-order chi connectivity index (χ1) is 9.46. The number of nitrogens with zero attached hydrogens (tertiary/aromatic N) is 1. The summed E-state index contributed by atoms with van der Waals surface area (Å²) in [5.74, 6) is -0.815. The molecular weight excluding hydrogens is 380 g/mol. The second-order valence-corrected chi connectivity index (χ2v) is 7.77. The molecule has 0 atom stereocenters. The van der Waals surface area contributed by atoms with E-state index in [9.17, 15) is 13.2 Å². The summed E-state index contributed by atoms with van der Waals surface area (Å²) in [6, 6.07) is 7.08. The van der Waals surface area contributed by atoms with Gasteiger partial charge in [0.1, 0.15) is 5.75 Å². The Labute approximate surface area is 139 Å². The lowest BCUT2D eigenvalue weighted by Crippen LogP contribution is -2.48. The number of sulfone groups is 1. The largest absolute Gasteiger partial charge is 0.339 e. The molecule has 0 unspecified atom stereocenters. The minimum Gasteiger partial charge on any atom is -0.339 e. The first kappa shape index (κ1) is 18.4. The number of amides is 1. The number of piperazine rings is 1. The summed E-state index contributed by atoms with van der Waals surface area (Å²) >= 11 is 3.30. The minimum absolute atomic E-state index is 0. The topological polar surface area (TPSA) is 66.5 Å². The number of hydrogen-bond donors (Lipinski definition) is 1. The molecule has 0 saturated carbocycles. The third-order valence-electron chi connectivity index (χ3n) is 3.11. The maximum Gasteiger partial charge on any atom is 0.237 e. The van der Waals surface area contributed by atoms with Gasteiger partial charge in [0.05, 0.1) is 5.75 Å². The molecule has 1 aliphatic rings. The third kappa shape index (κ3) is 5.94. The molecule has 1 heterocycles. The second kappa shape index (κ2) is 8.12. The molecule has 21 heavy (non-hydrogen) atoms. The van der Waals surface area contributed by atoms with Gasteiger partial charge >= 0.3 is 0 Å². The fourth-order valence-electron chi connectivity index (χ4n) is 2.08. The average molecular weight is 398 g/mol. The van der Waals surface area contributed by atoms with E-state index >= 15 is 0 Å². The monoisotopic (exact) mass is 396 g/mol. The van der Waals surface area contributed by atoms with Gasteiger partial charge in [-0.2, -0.15) is 0 Å². The fraction of sp³-hybridized carbons (Fsp3) is 0.462. The van der Waals surface area contributed by atoms with Crippen molar-refractivity contribution in [1.29, 1.82) is 0 Å². The molecule has 1 N–H and O–H groups in total. The van der Waals surface area contributed by atoms with Crippen LogP contribution in [0.5, 0.6) is 0 Å². The summed E-state index contributed by atoms with van der Waals surface area (Å²) in [5.41, 5.74) is 0.696. The quantitative estimate of drug-likeness (QED) is 0.829. The Balaban J connectivity index is 0.00000220. The first-order valence-corrected chi connectivity index (χ1v) is 9.01. The highest BCUT2D eigenvalue weighted by molar-refractivity contribution is 9.10. The number of carbonyl (C=O) groups excluding carboxylic acids is 1. The fourth-order valence-corrected chi connectivity index (χ4v) is 3.70. The van der Waals surface area contributed by atoms with Crippen molar-refractivity contribution >= 4 is 44.1 Å². The Morgan fingerprint density at radius 2 is 1.76 bits per heavy atom. The van der Waals surface area contributed by atoms with Crippen LogP contribution in [0, 0.1) is 0 Å². The molecule has 1 fully saturated rings. The smallest absolute Gasteiger partial charge is 0.237 e. The molecule has 1 saturated heterocycles. The highest BCUT2D eigenvalue weighted by Crippen LogP contribution is 2.13. The molecule has 0 bridgehead atoms. The van der Waals surface area contributed by atoms with E-state index in [2.05, 4.69) is 21.2 Å². The Morgan fingerprint density at radius 1 is 1.19 bits per heavy atom. The lowest BCUT2D eigenvalue weighted by molar-refractivity contribution is -0.128. The summed E-state index contributed by atoms with van der Waals surface area (Å²) < 4.78 is 25.0. The van der Waals surface area contributed by atoms with E-state index < -0.39 is 15.6 Å². The molecule has 0 spiro atoms. The van der Waals surface area contributed by atoms with E-state index in [1.54, 1.807) is 29.2 Å². The van der Waals surface area contributed by atoms with Crippen LogP contribution in [0.15, 0.2) is 28.7 Å². The SMILES string of the molecule is Cl.O=C(CS(=O)(=O)Cc1ccc(Br)cc1)N1CCNCC1. The van der Waals surface area contributed by atoms with E-state index in [0.717, 1.165) is 17.6 Å². The van der Waals surface area contributed by atoms with Gasteiger partial charge in [-0.15, -0.1) is 12.4 Å². The molecule has 1 aliphatic heterocycles. The van der Waals surface area contributed by atoms with Crippen molar-refractivity contribution in [1.82, 2.24) is 10.2 Å². The van der Waals surface area contributed by atoms with Crippen LogP contribution in [-0.2, 0) is 20.4 Å². The van der Waals surface area contributed by atoms with Gasteiger partial charge in [0.15, 0.2) is 9.84 Å².